The fraction of sp³-hybridized carbons (Fsp3) is 0.300. The lowest BCUT2D eigenvalue weighted by atomic mass is 10.3. The molecule has 1 aromatic carbocycles. The molecule has 0 bridgehead atoms. The number of ether oxygens (including phenoxy) is 1. The summed E-state index contributed by atoms with van der Waals surface area (Å²) in [5.41, 5.74) is 1.01. The van der Waals surface area contributed by atoms with Crippen LogP contribution >= 0.6 is 11.3 Å². The molecule has 0 fully saturated rings. The summed E-state index contributed by atoms with van der Waals surface area (Å²) in [6, 6.07) is 7.99. The summed E-state index contributed by atoms with van der Waals surface area (Å²) in [4.78, 5) is 4.23. The molecule has 0 radical (unpaired) electrons. The van der Waals surface area contributed by atoms with Gasteiger partial charge in [0.05, 0.1) is 17.3 Å². The summed E-state index contributed by atoms with van der Waals surface area (Å²) < 4.78 is 6.18. The lowest BCUT2D eigenvalue weighted by molar-refractivity contribution is 0.413. The maximum atomic E-state index is 5.01. The van der Waals surface area contributed by atoms with E-state index in [1.54, 1.807) is 18.4 Å². The zero-order chi connectivity index (χ0) is 9.68. The normalized spacial score (nSPS) is 9.15. The van der Waals surface area contributed by atoms with E-state index in [-0.39, 0.29) is 0 Å². The van der Waals surface area contributed by atoms with Crippen molar-refractivity contribution in [1.82, 2.24) is 4.98 Å². The Morgan fingerprint density at radius 1 is 1.23 bits per heavy atom. The zero-order valence-electron chi connectivity index (χ0n) is 8.07. The van der Waals surface area contributed by atoms with Crippen molar-refractivity contribution in [2.75, 3.05) is 7.11 Å². The van der Waals surface area contributed by atoms with Crippen LogP contribution in [0.1, 0.15) is 13.8 Å². The fourth-order valence-corrected chi connectivity index (χ4v) is 1.72. The second-order valence-corrected chi connectivity index (χ2v) is 3.14. The first kappa shape index (κ1) is 9.99. The quantitative estimate of drug-likeness (QED) is 0.696. The van der Waals surface area contributed by atoms with Crippen LogP contribution in [0.2, 0.25) is 0 Å². The Morgan fingerprint density at radius 2 is 1.92 bits per heavy atom. The first-order chi connectivity index (χ1) is 6.40. The topological polar surface area (TPSA) is 22.1 Å². The number of aromatic nitrogens is 1. The SMILES string of the molecule is CC.COc1nc2ccccc2s1. The van der Waals surface area contributed by atoms with Crippen molar-refractivity contribution < 1.29 is 4.74 Å². The molecule has 0 aliphatic rings. The van der Waals surface area contributed by atoms with Gasteiger partial charge in [-0.05, 0) is 12.1 Å². The van der Waals surface area contributed by atoms with Gasteiger partial charge in [0.25, 0.3) is 5.19 Å². The average Bonchev–Trinajstić information content (AvgIpc) is 2.63. The molecular formula is C10H13NOS. The van der Waals surface area contributed by atoms with Gasteiger partial charge in [0.2, 0.25) is 0 Å². The van der Waals surface area contributed by atoms with E-state index in [9.17, 15) is 0 Å². The molecule has 2 nitrogen and oxygen atoms in total. The molecule has 0 aliphatic heterocycles. The van der Waals surface area contributed by atoms with Crippen molar-refractivity contribution in [2.45, 2.75) is 13.8 Å². The van der Waals surface area contributed by atoms with Gasteiger partial charge in [0, 0.05) is 0 Å². The molecule has 0 N–H and O–H groups in total. The van der Waals surface area contributed by atoms with E-state index in [0.29, 0.717) is 0 Å². The molecule has 1 aromatic heterocycles. The first-order valence-electron chi connectivity index (χ1n) is 4.30. The summed E-state index contributed by atoms with van der Waals surface area (Å²) in [6.45, 7) is 4.00. The third-order valence-electron chi connectivity index (χ3n) is 1.45. The Labute approximate surface area is 82.2 Å². The standard InChI is InChI=1S/C8H7NOS.C2H6/c1-10-8-9-6-4-2-3-5-7(6)11-8;1-2/h2-5H,1H3;1-2H3. The third kappa shape index (κ3) is 2.18. The minimum Gasteiger partial charge on any atom is -0.473 e. The summed E-state index contributed by atoms with van der Waals surface area (Å²) in [7, 11) is 1.64. The van der Waals surface area contributed by atoms with Gasteiger partial charge in [0.15, 0.2) is 0 Å². The van der Waals surface area contributed by atoms with Gasteiger partial charge in [-0.25, -0.2) is 4.98 Å². The molecule has 0 unspecified atom stereocenters. The van der Waals surface area contributed by atoms with Crippen molar-refractivity contribution in [1.29, 1.82) is 0 Å². The predicted octanol–water partition coefficient (Wildman–Crippen LogP) is 3.33. The molecular weight excluding hydrogens is 182 g/mol. The highest BCUT2D eigenvalue weighted by Gasteiger charge is 2.00. The number of methoxy groups -OCH3 is 1. The van der Waals surface area contributed by atoms with Gasteiger partial charge >= 0.3 is 0 Å². The molecule has 1 heterocycles. The molecule has 0 saturated carbocycles. The van der Waals surface area contributed by atoms with E-state index in [0.717, 1.165) is 10.7 Å². The summed E-state index contributed by atoms with van der Waals surface area (Å²) in [6.07, 6.45) is 0. The highest BCUT2D eigenvalue weighted by atomic mass is 32.1. The van der Waals surface area contributed by atoms with Crippen LogP contribution in [-0.4, -0.2) is 12.1 Å². The minimum absolute atomic E-state index is 0.728. The molecule has 2 aromatic rings. The van der Waals surface area contributed by atoms with E-state index in [4.69, 9.17) is 4.74 Å². The number of para-hydroxylation sites is 1. The highest BCUT2D eigenvalue weighted by Crippen LogP contribution is 2.26. The molecule has 13 heavy (non-hydrogen) atoms. The lowest BCUT2D eigenvalue weighted by Crippen LogP contribution is -1.77. The van der Waals surface area contributed by atoms with Crippen LogP contribution in [0.5, 0.6) is 5.19 Å². The van der Waals surface area contributed by atoms with Gasteiger partial charge in [-0.15, -0.1) is 0 Å². The van der Waals surface area contributed by atoms with Gasteiger partial charge in [-0.1, -0.05) is 37.3 Å². The first-order valence-corrected chi connectivity index (χ1v) is 5.11. The zero-order valence-corrected chi connectivity index (χ0v) is 8.89. The monoisotopic (exact) mass is 195 g/mol. The molecule has 0 spiro atoms. The highest BCUT2D eigenvalue weighted by molar-refractivity contribution is 7.20. The van der Waals surface area contributed by atoms with E-state index < -0.39 is 0 Å². The fourth-order valence-electron chi connectivity index (χ4n) is 0.938. The number of benzene rings is 1. The second-order valence-electron chi connectivity index (χ2n) is 2.15. The Hall–Kier alpha value is -1.09. The predicted molar refractivity (Wildman–Crippen MR) is 57.5 cm³/mol. The average molecular weight is 195 g/mol. The Kier molecular flexibility index (Phi) is 3.71. The minimum atomic E-state index is 0.728. The van der Waals surface area contributed by atoms with Gasteiger partial charge < -0.3 is 4.74 Å². The number of nitrogens with zero attached hydrogens (tertiary/aromatic N) is 1. The van der Waals surface area contributed by atoms with Crippen molar-refractivity contribution >= 4 is 21.6 Å². The van der Waals surface area contributed by atoms with Crippen molar-refractivity contribution in [3.63, 3.8) is 0 Å². The van der Waals surface area contributed by atoms with Crippen LogP contribution in [0.25, 0.3) is 10.2 Å². The van der Waals surface area contributed by atoms with E-state index >= 15 is 0 Å². The smallest absolute Gasteiger partial charge is 0.274 e. The van der Waals surface area contributed by atoms with E-state index in [1.165, 1.54) is 4.70 Å². The van der Waals surface area contributed by atoms with E-state index in [2.05, 4.69) is 4.98 Å². The Morgan fingerprint density at radius 3 is 2.54 bits per heavy atom. The second kappa shape index (κ2) is 4.82. The van der Waals surface area contributed by atoms with Gasteiger partial charge in [0.1, 0.15) is 0 Å². The Bertz CT molecular complexity index is 337. The maximum Gasteiger partial charge on any atom is 0.274 e. The largest absolute Gasteiger partial charge is 0.473 e. The number of hydrogen-bond donors (Lipinski definition) is 0. The number of rotatable bonds is 1. The molecule has 0 amide bonds. The number of hydrogen-bond acceptors (Lipinski definition) is 3. The van der Waals surface area contributed by atoms with Crippen LogP contribution in [0.3, 0.4) is 0 Å². The van der Waals surface area contributed by atoms with Crippen LogP contribution < -0.4 is 4.74 Å². The number of fused-ring (bicyclic) bond motifs is 1. The lowest BCUT2D eigenvalue weighted by Gasteiger charge is -1.84. The molecule has 70 valence electrons. The third-order valence-corrected chi connectivity index (χ3v) is 2.45. The summed E-state index contributed by atoms with van der Waals surface area (Å²) in [5, 5.41) is 0.728. The molecule has 3 heteroatoms. The van der Waals surface area contributed by atoms with Crippen molar-refractivity contribution in [2.24, 2.45) is 0 Å². The van der Waals surface area contributed by atoms with Crippen LogP contribution in [0, 0.1) is 0 Å². The van der Waals surface area contributed by atoms with Crippen molar-refractivity contribution in [3.8, 4) is 5.19 Å². The summed E-state index contributed by atoms with van der Waals surface area (Å²) in [5.74, 6) is 0. The Balaban J connectivity index is 0.000000396. The summed E-state index contributed by atoms with van der Waals surface area (Å²) >= 11 is 1.56. The molecule has 0 saturated heterocycles. The number of thiazole rings is 1. The molecule has 0 aliphatic carbocycles. The van der Waals surface area contributed by atoms with Gasteiger partial charge in [-0.2, -0.15) is 0 Å². The molecule has 2 rings (SSSR count). The van der Waals surface area contributed by atoms with E-state index in [1.807, 2.05) is 38.1 Å². The van der Waals surface area contributed by atoms with Crippen LogP contribution in [0.4, 0.5) is 0 Å². The maximum absolute atomic E-state index is 5.01. The van der Waals surface area contributed by atoms with Gasteiger partial charge in [-0.3, -0.25) is 0 Å². The van der Waals surface area contributed by atoms with Crippen LogP contribution in [0.15, 0.2) is 24.3 Å². The van der Waals surface area contributed by atoms with Crippen LogP contribution in [-0.2, 0) is 0 Å². The van der Waals surface area contributed by atoms with Crippen molar-refractivity contribution in [3.05, 3.63) is 24.3 Å². The molecule has 0 atom stereocenters.